The molecule has 3 amide bonds. The number of urea groups is 1. The Morgan fingerprint density at radius 1 is 0.974 bits per heavy atom. The van der Waals surface area contributed by atoms with Gasteiger partial charge in [0.15, 0.2) is 6.61 Å². The average molecular weight is 539 g/mol. The second kappa shape index (κ2) is 12.8. The molecule has 1 heterocycles. The van der Waals surface area contributed by atoms with Crippen LogP contribution in [0.1, 0.15) is 25.0 Å². The van der Waals surface area contributed by atoms with Crippen LogP contribution < -0.4 is 15.4 Å². The third-order valence-electron chi connectivity index (χ3n) is 6.57. The van der Waals surface area contributed by atoms with Crippen LogP contribution in [0.5, 0.6) is 5.75 Å². The van der Waals surface area contributed by atoms with E-state index in [9.17, 15) is 14.0 Å². The first-order chi connectivity index (χ1) is 18.3. The Morgan fingerprint density at radius 2 is 1.71 bits per heavy atom. The summed E-state index contributed by atoms with van der Waals surface area (Å²) in [6.07, 6.45) is 0. The largest absolute Gasteiger partial charge is 0.482 e. The molecule has 2 N–H and O–H groups in total. The summed E-state index contributed by atoms with van der Waals surface area (Å²) in [6, 6.07) is 20.6. The van der Waals surface area contributed by atoms with Crippen molar-refractivity contribution < 1.29 is 18.7 Å². The molecule has 3 aromatic rings. The topological polar surface area (TPSA) is 73.9 Å². The highest BCUT2D eigenvalue weighted by molar-refractivity contribution is 6.31. The molecule has 200 valence electrons. The summed E-state index contributed by atoms with van der Waals surface area (Å²) in [6.45, 7) is 6.22. The molecule has 0 bridgehead atoms. The predicted molar refractivity (Wildman–Crippen MR) is 147 cm³/mol. The van der Waals surface area contributed by atoms with E-state index in [-0.39, 0.29) is 30.4 Å². The fraction of sp³-hybridized carbons (Fsp3) is 0.310. The number of piperazine rings is 1. The van der Waals surface area contributed by atoms with Gasteiger partial charge in [0.25, 0.3) is 5.91 Å². The third kappa shape index (κ3) is 7.46. The monoisotopic (exact) mass is 538 g/mol. The van der Waals surface area contributed by atoms with Crippen LogP contribution in [0.4, 0.5) is 14.9 Å². The Hall–Kier alpha value is -3.62. The first-order valence-electron chi connectivity index (χ1n) is 12.6. The zero-order valence-corrected chi connectivity index (χ0v) is 22.2. The molecule has 0 aromatic heterocycles. The molecule has 1 aliphatic heterocycles. The highest BCUT2D eigenvalue weighted by Gasteiger charge is 2.32. The van der Waals surface area contributed by atoms with Crippen molar-refractivity contribution in [3.63, 3.8) is 0 Å². The van der Waals surface area contributed by atoms with Crippen molar-refractivity contribution in [2.45, 2.75) is 39.0 Å². The summed E-state index contributed by atoms with van der Waals surface area (Å²) in [5, 5.41) is 5.99. The molecule has 9 heteroatoms. The van der Waals surface area contributed by atoms with Gasteiger partial charge >= 0.3 is 6.03 Å². The molecule has 1 saturated heterocycles. The number of ether oxygens (including phenoxy) is 1. The number of carbonyl (C=O) groups excluding carboxylic acids is 2. The van der Waals surface area contributed by atoms with Crippen LogP contribution in [0.15, 0.2) is 72.8 Å². The maximum atomic E-state index is 13.2. The summed E-state index contributed by atoms with van der Waals surface area (Å²) in [4.78, 5) is 29.7. The minimum absolute atomic E-state index is 0.0191. The second-order valence-electron chi connectivity index (χ2n) is 9.52. The minimum atomic E-state index is -0.410. The predicted octanol–water partition coefficient (Wildman–Crippen LogP) is 5.30. The Morgan fingerprint density at radius 3 is 2.45 bits per heavy atom. The minimum Gasteiger partial charge on any atom is -0.482 e. The molecular weight excluding hydrogens is 507 g/mol. The van der Waals surface area contributed by atoms with Crippen molar-refractivity contribution in [1.82, 2.24) is 15.1 Å². The number of nitrogens with zero attached hydrogens (tertiary/aromatic N) is 2. The number of benzene rings is 3. The fourth-order valence-electron chi connectivity index (χ4n) is 4.48. The Kier molecular flexibility index (Phi) is 9.20. The number of rotatable bonds is 8. The van der Waals surface area contributed by atoms with E-state index in [0.717, 1.165) is 11.1 Å². The number of hydrogen-bond donors (Lipinski definition) is 2. The molecule has 0 aliphatic carbocycles. The van der Waals surface area contributed by atoms with Gasteiger partial charge in [-0.15, -0.1) is 0 Å². The van der Waals surface area contributed by atoms with Crippen molar-refractivity contribution in [3.05, 3.63) is 94.8 Å². The molecule has 1 aliphatic rings. The first-order valence-corrected chi connectivity index (χ1v) is 13.0. The molecule has 0 unspecified atom stereocenters. The SMILES string of the molecule is C[C@@H]1CN(Cc2ccc(F)cc2)[C@@H](C)CN1C(=O)COc1ccc(Cl)cc1NC(=O)NCc1ccccc1. The Balaban J connectivity index is 1.32. The van der Waals surface area contributed by atoms with Gasteiger partial charge in [0.2, 0.25) is 0 Å². The van der Waals surface area contributed by atoms with E-state index in [2.05, 4.69) is 22.5 Å². The second-order valence-corrected chi connectivity index (χ2v) is 9.96. The van der Waals surface area contributed by atoms with Crippen LogP contribution in [-0.2, 0) is 17.9 Å². The van der Waals surface area contributed by atoms with Gasteiger partial charge in [-0.2, -0.15) is 0 Å². The first kappa shape index (κ1) is 27.4. The molecule has 1 fully saturated rings. The third-order valence-corrected chi connectivity index (χ3v) is 6.81. The molecule has 0 spiro atoms. The summed E-state index contributed by atoms with van der Waals surface area (Å²) < 4.78 is 19.1. The van der Waals surface area contributed by atoms with Gasteiger partial charge in [-0.25, -0.2) is 9.18 Å². The Labute approximate surface area is 227 Å². The van der Waals surface area contributed by atoms with E-state index in [0.29, 0.717) is 42.6 Å². The summed E-state index contributed by atoms with van der Waals surface area (Å²) in [5.41, 5.74) is 2.38. The van der Waals surface area contributed by atoms with E-state index >= 15 is 0 Å². The molecule has 7 nitrogen and oxygen atoms in total. The number of hydrogen-bond acceptors (Lipinski definition) is 4. The number of amides is 3. The van der Waals surface area contributed by atoms with Crippen molar-refractivity contribution in [3.8, 4) is 5.75 Å². The van der Waals surface area contributed by atoms with Gasteiger partial charge in [0.05, 0.1) is 5.69 Å². The van der Waals surface area contributed by atoms with Gasteiger partial charge in [-0.3, -0.25) is 9.69 Å². The van der Waals surface area contributed by atoms with Crippen LogP contribution in [0.2, 0.25) is 5.02 Å². The smallest absolute Gasteiger partial charge is 0.319 e. The van der Waals surface area contributed by atoms with Crippen LogP contribution in [0.25, 0.3) is 0 Å². The molecule has 3 aromatic carbocycles. The van der Waals surface area contributed by atoms with Crippen LogP contribution in [0, 0.1) is 5.82 Å². The van der Waals surface area contributed by atoms with E-state index in [1.165, 1.54) is 12.1 Å². The van der Waals surface area contributed by atoms with Crippen molar-refractivity contribution in [1.29, 1.82) is 0 Å². The van der Waals surface area contributed by atoms with Gasteiger partial charge < -0.3 is 20.3 Å². The maximum absolute atomic E-state index is 13.2. The Bertz CT molecular complexity index is 1240. The van der Waals surface area contributed by atoms with Crippen LogP contribution in [0.3, 0.4) is 0 Å². The van der Waals surface area contributed by atoms with Crippen LogP contribution >= 0.6 is 11.6 Å². The standard InChI is InChI=1S/C29H32ClFN4O3/c1-20-17-35(21(2)16-34(20)18-23-8-11-25(31)12-9-23)28(36)19-38-27-13-10-24(30)14-26(27)33-29(37)32-15-22-6-4-3-5-7-22/h3-14,20-21H,15-19H2,1-2H3,(H2,32,33,37)/t20-,21+/m0/s1. The zero-order chi connectivity index (χ0) is 27.1. The van der Waals surface area contributed by atoms with Gasteiger partial charge in [-0.05, 0) is 55.3 Å². The van der Waals surface area contributed by atoms with Crippen molar-refractivity contribution in [2.75, 3.05) is 25.0 Å². The maximum Gasteiger partial charge on any atom is 0.319 e. The lowest BCUT2D eigenvalue weighted by atomic mass is 10.1. The fourth-order valence-corrected chi connectivity index (χ4v) is 4.66. The number of carbonyl (C=O) groups is 2. The van der Waals surface area contributed by atoms with Crippen molar-refractivity contribution >= 4 is 29.2 Å². The molecule has 38 heavy (non-hydrogen) atoms. The number of halogens is 2. The zero-order valence-electron chi connectivity index (χ0n) is 21.5. The lowest BCUT2D eigenvalue weighted by Gasteiger charge is -2.44. The van der Waals surface area contributed by atoms with Gasteiger partial charge in [-0.1, -0.05) is 54.1 Å². The lowest BCUT2D eigenvalue weighted by Crippen LogP contribution is -2.58. The van der Waals surface area contributed by atoms with Crippen LogP contribution in [-0.4, -0.2) is 53.5 Å². The molecule has 0 saturated carbocycles. The molecule has 4 rings (SSSR count). The van der Waals surface area contributed by atoms with Gasteiger partial charge in [0, 0.05) is 43.3 Å². The van der Waals surface area contributed by atoms with E-state index in [1.54, 1.807) is 30.3 Å². The quantitative estimate of drug-likeness (QED) is 0.408. The van der Waals surface area contributed by atoms with E-state index in [1.807, 2.05) is 42.2 Å². The van der Waals surface area contributed by atoms with E-state index in [4.69, 9.17) is 16.3 Å². The highest BCUT2D eigenvalue weighted by Crippen LogP contribution is 2.28. The molecular formula is C29H32ClFN4O3. The summed E-state index contributed by atoms with van der Waals surface area (Å²) in [7, 11) is 0. The summed E-state index contributed by atoms with van der Waals surface area (Å²) >= 11 is 6.15. The summed E-state index contributed by atoms with van der Waals surface area (Å²) in [5.74, 6) is -0.0362. The van der Waals surface area contributed by atoms with Crippen molar-refractivity contribution in [2.24, 2.45) is 0 Å². The molecule has 0 radical (unpaired) electrons. The molecule has 2 atom stereocenters. The van der Waals surface area contributed by atoms with E-state index < -0.39 is 6.03 Å². The van der Waals surface area contributed by atoms with Gasteiger partial charge in [0.1, 0.15) is 11.6 Å². The number of nitrogens with one attached hydrogen (secondary N) is 2. The highest BCUT2D eigenvalue weighted by atomic mass is 35.5. The number of anilines is 1. The normalized spacial score (nSPS) is 17.6. The lowest BCUT2D eigenvalue weighted by molar-refractivity contribution is -0.139. The average Bonchev–Trinajstić information content (AvgIpc) is 2.90.